The highest BCUT2D eigenvalue weighted by molar-refractivity contribution is 5.88. The van der Waals surface area contributed by atoms with Crippen molar-refractivity contribution in [2.45, 2.75) is 25.3 Å². The third-order valence-corrected chi connectivity index (χ3v) is 3.17. The molecule has 1 aliphatic rings. The van der Waals surface area contributed by atoms with Crippen molar-refractivity contribution in [1.82, 2.24) is 15.5 Å². The first kappa shape index (κ1) is 14.7. The zero-order valence-electron chi connectivity index (χ0n) is 11.4. The van der Waals surface area contributed by atoms with Gasteiger partial charge in [0.15, 0.2) is 0 Å². The molecule has 0 heterocycles. The number of hydrogen-bond acceptors (Lipinski definition) is 3. The Morgan fingerprint density at radius 2 is 2.06 bits per heavy atom. The van der Waals surface area contributed by atoms with Crippen molar-refractivity contribution in [3.8, 4) is 0 Å². The molecule has 1 fully saturated rings. The summed E-state index contributed by atoms with van der Waals surface area (Å²) in [6.07, 6.45) is 6.08. The maximum absolute atomic E-state index is 11.7. The van der Waals surface area contributed by atoms with Gasteiger partial charge in [0.25, 0.3) is 0 Å². The molecule has 0 aromatic rings. The average molecular weight is 253 g/mol. The van der Waals surface area contributed by atoms with Gasteiger partial charge in [0.1, 0.15) is 0 Å². The third kappa shape index (κ3) is 4.49. The van der Waals surface area contributed by atoms with Crippen LogP contribution in [0, 0.1) is 5.92 Å². The minimum atomic E-state index is -0.113. The number of carbonyl (C=O) groups excluding carboxylic acids is 2. The molecule has 2 N–H and O–H groups in total. The molecule has 0 spiro atoms. The van der Waals surface area contributed by atoms with E-state index in [9.17, 15) is 9.59 Å². The van der Waals surface area contributed by atoms with Crippen molar-refractivity contribution in [1.29, 1.82) is 0 Å². The molecule has 1 rings (SSSR count). The SMILES string of the molecule is CNC(=O)C1CCCC1NC(=O)/C=C/CN(C)C. The van der Waals surface area contributed by atoms with Crippen LogP contribution in [-0.4, -0.2) is 50.4 Å². The summed E-state index contributed by atoms with van der Waals surface area (Å²) in [5.74, 6) is -0.172. The van der Waals surface area contributed by atoms with Gasteiger partial charge < -0.3 is 15.5 Å². The van der Waals surface area contributed by atoms with Gasteiger partial charge >= 0.3 is 0 Å². The smallest absolute Gasteiger partial charge is 0.243 e. The van der Waals surface area contributed by atoms with Crippen LogP contribution in [0.4, 0.5) is 0 Å². The summed E-state index contributed by atoms with van der Waals surface area (Å²) in [5.41, 5.74) is 0. The molecule has 0 aromatic carbocycles. The van der Waals surface area contributed by atoms with Crippen LogP contribution in [0.15, 0.2) is 12.2 Å². The zero-order chi connectivity index (χ0) is 13.5. The van der Waals surface area contributed by atoms with Crippen molar-refractivity contribution < 1.29 is 9.59 Å². The Labute approximate surface area is 109 Å². The zero-order valence-corrected chi connectivity index (χ0v) is 11.4. The van der Waals surface area contributed by atoms with Crippen LogP contribution in [-0.2, 0) is 9.59 Å². The predicted octanol–water partition coefficient (Wildman–Crippen LogP) is 0.135. The van der Waals surface area contributed by atoms with E-state index in [1.165, 1.54) is 0 Å². The summed E-state index contributed by atoms with van der Waals surface area (Å²) in [5, 5.41) is 5.57. The minimum absolute atomic E-state index is 0.0232. The first-order valence-electron chi connectivity index (χ1n) is 6.38. The molecule has 0 saturated heterocycles. The van der Waals surface area contributed by atoms with Gasteiger partial charge in [-0.05, 0) is 26.9 Å². The quantitative estimate of drug-likeness (QED) is 0.685. The van der Waals surface area contributed by atoms with Crippen molar-refractivity contribution in [3.05, 3.63) is 12.2 Å². The largest absolute Gasteiger partial charge is 0.359 e. The van der Waals surface area contributed by atoms with Crippen LogP contribution in [0.1, 0.15) is 19.3 Å². The fourth-order valence-electron chi connectivity index (χ4n) is 2.23. The molecule has 0 radical (unpaired) electrons. The molecule has 2 amide bonds. The number of amides is 2. The molecular formula is C13H23N3O2. The van der Waals surface area contributed by atoms with Crippen LogP contribution in [0.2, 0.25) is 0 Å². The molecule has 0 aliphatic heterocycles. The van der Waals surface area contributed by atoms with E-state index >= 15 is 0 Å². The maximum Gasteiger partial charge on any atom is 0.243 e. The first-order valence-corrected chi connectivity index (χ1v) is 6.38. The second kappa shape index (κ2) is 7.16. The van der Waals surface area contributed by atoms with Crippen LogP contribution in [0.3, 0.4) is 0 Å². The number of nitrogens with zero attached hydrogens (tertiary/aromatic N) is 1. The average Bonchev–Trinajstić information content (AvgIpc) is 2.75. The van der Waals surface area contributed by atoms with Gasteiger partial charge in [-0.15, -0.1) is 0 Å². The second-order valence-electron chi connectivity index (χ2n) is 4.93. The highest BCUT2D eigenvalue weighted by Crippen LogP contribution is 2.25. The Balaban J connectivity index is 2.43. The number of carbonyl (C=O) groups is 2. The van der Waals surface area contributed by atoms with Crippen molar-refractivity contribution in [2.24, 2.45) is 5.92 Å². The topological polar surface area (TPSA) is 61.4 Å². The van der Waals surface area contributed by atoms with E-state index < -0.39 is 0 Å². The van der Waals surface area contributed by atoms with Gasteiger partial charge in [-0.25, -0.2) is 0 Å². The van der Waals surface area contributed by atoms with E-state index in [2.05, 4.69) is 10.6 Å². The van der Waals surface area contributed by atoms with E-state index in [1.807, 2.05) is 25.1 Å². The Morgan fingerprint density at radius 1 is 1.33 bits per heavy atom. The van der Waals surface area contributed by atoms with E-state index in [0.29, 0.717) is 0 Å². The Bertz CT molecular complexity index is 326. The Morgan fingerprint density at radius 3 is 2.67 bits per heavy atom. The lowest BCUT2D eigenvalue weighted by molar-refractivity contribution is -0.125. The van der Waals surface area contributed by atoms with Gasteiger partial charge in [0, 0.05) is 25.7 Å². The fraction of sp³-hybridized carbons (Fsp3) is 0.692. The summed E-state index contributed by atoms with van der Waals surface area (Å²) < 4.78 is 0. The summed E-state index contributed by atoms with van der Waals surface area (Å²) in [4.78, 5) is 25.3. The molecule has 102 valence electrons. The van der Waals surface area contributed by atoms with E-state index in [1.54, 1.807) is 13.1 Å². The minimum Gasteiger partial charge on any atom is -0.359 e. The molecule has 1 aliphatic carbocycles. The van der Waals surface area contributed by atoms with E-state index in [-0.39, 0.29) is 23.8 Å². The van der Waals surface area contributed by atoms with Gasteiger partial charge in [-0.3, -0.25) is 9.59 Å². The van der Waals surface area contributed by atoms with Crippen molar-refractivity contribution in [2.75, 3.05) is 27.7 Å². The summed E-state index contributed by atoms with van der Waals surface area (Å²) in [6, 6.07) is -0.0264. The molecule has 18 heavy (non-hydrogen) atoms. The van der Waals surface area contributed by atoms with Gasteiger partial charge in [-0.2, -0.15) is 0 Å². The molecule has 0 bridgehead atoms. The first-order chi connectivity index (χ1) is 8.54. The Kier molecular flexibility index (Phi) is 5.85. The molecule has 5 nitrogen and oxygen atoms in total. The van der Waals surface area contributed by atoms with Gasteiger partial charge in [0.2, 0.25) is 11.8 Å². The lowest BCUT2D eigenvalue weighted by atomic mass is 10.0. The maximum atomic E-state index is 11.7. The third-order valence-electron chi connectivity index (χ3n) is 3.17. The van der Waals surface area contributed by atoms with E-state index in [0.717, 1.165) is 25.8 Å². The molecule has 1 saturated carbocycles. The van der Waals surface area contributed by atoms with Crippen molar-refractivity contribution >= 4 is 11.8 Å². The predicted molar refractivity (Wildman–Crippen MR) is 71.0 cm³/mol. The highest BCUT2D eigenvalue weighted by atomic mass is 16.2. The summed E-state index contributed by atoms with van der Waals surface area (Å²) >= 11 is 0. The second-order valence-corrected chi connectivity index (χ2v) is 4.93. The normalized spacial score (nSPS) is 23.6. The van der Waals surface area contributed by atoms with Gasteiger partial charge in [0.05, 0.1) is 5.92 Å². The van der Waals surface area contributed by atoms with Crippen LogP contribution < -0.4 is 10.6 Å². The molecule has 0 aromatic heterocycles. The number of likely N-dealkylation sites (N-methyl/N-ethyl adjacent to an activating group) is 1. The molecule has 2 atom stereocenters. The van der Waals surface area contributed by atoms with Crippen LogP contribution in [0.25, 0.3) is 0 Å². The summed E-state index contributed by atoms with van der Waals surface area (Å²) in [6.45, 7) is 0.733. The molecule has 2 unspecified atom stereocenters. The number of rotatable bonds is 5. The van der Waals surface area contributed by atoms with E-state index in [4.69, 9.17) is 0 Å². The number of nitrogens with one attached hydrogen (secondary N) is 2. The molecule has 5 heteroatoms. The lowest BCUT2D eigenvalue weighted by Gasteiger charge is -2.18. The van der Waals surface area contributed by atoms with Crippen LogP contribution in [0.5, 0.6) is 0 Å². The Hall–Kier alpha value is -1.36. The standard InChI is InChI=1S/C13H23N3O2/c1-14-13(18)10-6-4-7-11(10)15-12(17)8-5-9-16(2)3/h5,8,10-11H,4,6-7,9H2,1-3H3,(H,14,18)(H,15,17)/b8-5+. The monoisotopic (exact) mass is 253 g/mol. The number of hydrogen-bond donors (Lipinski definition) is 2. The lowest BCUT2D eigenvalue weighted by Crippen LogP contribution is -2.42. The highest BCUT2D eigenvalue weighted by Gasteiger charge is 2.32. The summed E-state index contributed by atoms with van der Waals surface area (Å²) in [7, 11) is 5.53. The van der Waals surface area contributed by atoms with Gasteiger partial charge in [-0.1, -0.05) is 12.5 Å². The van der Waals surface area contributed by atoms with Crippen molar-refractivity contribution in [3.63, 3.8) is 0 Å². The van der Waals surface area contributed by atoms with Crippen LogP contribution >= 0.6 is 0 Å². The molecular weight excluding hydrogens is 230 g/mol. The fourth-order valence-corrected chi connectivity index (χ4v) is 2.23.